The van der Waals surface area contributed by atoms with Crippen molar-refractivity contribution in [3.63, 3.8) is 0 Å². The van der Waals surface area contributed by atoms with Crippen LogP contribution < -0.4 is 10.2 Å². The van der Waals surface area contributed by atoms with Crippen molar-refractivity contribution in [2.45, 2.75) is 0 Å². The SMILES string of the molecule is CN(C)c1cccc(Nc2nc3ccc(Br)cc3s2)c1. The summed E-state index contributed by atoms with van der Waals surface area (Å²) in [4.78, 5) is 6.68. The summed E-state index contributed by atoms with van der Waals surface area (Å²) in [6.07, 6.45) is 0. The Bertz CT molecular complexity index is 752. The summed E-state index contributed by atoms with van der Waals surface area (Å²) in [6, 6.07) is 14.4. The minimum Gasteiger partial charge on any atom is -0.378 e. The van der Waals surface area contributed by atoms with Crippen molar-refractivity contribution in [2.75, 3.05) is 24.3 Å². The molecule has 0 saturated heterocycles. The molecule has 0 aliphatic heterocycles. The van der Waals surface area contributed by atoms with E-state index in [1.807, 2.05) is 32.3 Å². The molecule has 1 aromatic heterocycles. The van der Waals surface area contributed by atoms with Gasteiger partial charge in [0, 0.05) is 29.9 Å². The molecule has 0 amide bonds. The van der Waals surface area contributed by atoms with E-state index in [9.17, 15) is 0 Å². The van der Waals surface area contributed by atoms with E-state index in [1.165, 1.54) is 10.4 Å². The van der Waals surface area contributed by atoms with E-state index in [2.05, 4.69) is 55.4 Å². The van der Waals surface area contributed by atoms with Crippen molar-refractivity contribution in [1.82, 2.24) is 4.98 Å². The van der Waals surface area contributed by atoms with Crippen LogP contribution in [0.4, 0.5) is 16.5 Å². The van der Waals surface area contributed by atoms with Crippen LogP contribution in [-0.4, -0.2) is 19.1 Å². The highest BCUT2D eigenvalue weighted by Gasteiger charge is 2.05. The van der Waals surface area contributed by atoms with Gasteiger partial charge in [0.25, 0.3) is 0 Å². The van der Waals surface area contributed by atoms with Crippen LogP contribution in [-0.2, 0) is 0 Å². The second-order valence-corrected chi connectivity index (χ2v) is 6.65. The zero-order valence-corrected chi connectivity index (χ0v) is 13.6. The Morgan fingerprint density at radius 3 is 2.80 bits per heavy atom. The molecular formula is C15H14BrN3S. The number of aromatic nitrogens is 1. The van der Waals surface area contributed by atoms with Gasteiger partial charge in [0.2, 0.25) is 0 Å². The zero-order chi connectivity index (χ0) is 14.1. The molecule has 3 aromatic rings. The van der Waals surface area contributed by atoms with Crippen molar-refractivity contribution in [1.29, 1.82) is 0 Å². The number of thiazole rings is 1. The number of halogens is 1. The maximum atomic E-state index is 4.60. The van der Waals surface area contributed by atoms with Gasteiger partial charge in [0.15, 0.2) is 5.13 Å². The third-order valence-corrected chi connectivity index (χ3v) is 4.39. The van der Waals surface area contributed by atoms with Gasteiger partial charge in [-0.15, -0.1) is 0 Å². The number of nitrogens with zero attached hydrogens (tertiary/aromatic N) is 2. The Morgan fingerprint density at radius 2 is 2.00 bits per heavy atom. The molecule has 0 aliphatic rings. The van der Waals surface area contributed by atoms with Crippen LogP contribution in [0.1, 0.15) is 0 Å². The van der Waals surface area contributed by atoms with E-state index in [4.69, 9.17) is 0 Å². The molecule has 0 aliphatic carbocycles. The highest BCUT2D eigenvalue weighted by Crippen LogP contribution is 2.31. The average molecular weight is 348 g/mol. The lowest BCUT2D eigenvalue weighted by Crippen LogP contribution is -2.08. The predicted molar refractivity (Wildman–Crippen MR) is 91.4 cm³/mol. The third-order valence-electron chi connectivity index (χ3n) is 2.96. The normalized spacial score (nSPS) is 10.8. The van der Waals surface area contributed by atoms with Gasteiger partial charge in [-0.25, -0.2) is 4.98 Å². The molecule has 0 radical (unpaired) electrons. The summed E-state index contributed by atoms with van der Waals surface area (Å²) in [6.45, 7) is 0. The lowest BCUT2D eigenvalue weighted by atomic mass is 10.2. The van der Waals surface area contributed by atoms with Gasteiger partial charge in [0.1, 0.15) is 0 Å². The number of benzene rings is 2. The Balaban J connectivity index is 1.90. The van der Waals surface area contributed by atoms with Crippen molar-refractivity contribution < 1.29 is 0 Å². The van der Waals surface area contributed by atoms with E-state index >= 15 is 0 Å². The Kier molecular flexibility index (Phi) is 3.63. The molecule has 3 nitrogen and oxygen atoms in total. The largest absolute Gasteiger partial charge is 0.378 e. The molecule has 0 bridgehead atoms. The van der Waals surface area contributed by atoms with E-state index in [1.54, 1.807) is 11.3 Å². The van der Waals surface area contributed by atoms with Gasteiger partial charge < -0.3 is 10.2 Å². The number of hydrogen-bond acceptors (Lipinski definition) is 4. The first kappa shape index (κ1) is 13.4. The Hall–Kier alpha value is -1.59. The third kappa shape index (κ3) is 2.78. The molecule has 0 saturated carbocycles. The standard InChI is InChI=1S/C15H14BrN3S/c1-19(2)12-5-3-4-11(9-12)17-15-18-13-7-6-10(16)8-14(13)20-15/h3-9H,1-2H3,(H,17,18). The van der Waals surface area contributed by atoms with E-state index in [0.717, 1.165) is 20.8 Å². The molecule has 0 atom stereocenters. The summed E-state index contributed by atoms with van der Waals surface area (Å²) >= 11 is 5.14. The summed E-state index contributed by atoms with van der Waals surface area (Å²) < 4.78 is 2.25. The van der Waals surface area contributed by atoms with Crippen LogP contribution in [0.25, 0.3) is 10.2 Å². The number of nitrogens with one attached hydrogen (secondary N) is 1. The number of fused-ring (bicyclic) bond motifs is 1. The van der Waals surface area contributed by atoms with E-state index in [0.29, 0.717) is 0 Å². The van der Waals surface area contributed by atoms with Crippen LogP contribution in [0.2, 0.25) is 0 Å². The van der Waals surface area contributed by atoms with Crippen LogP contribution in [0.15, 0.2) is 46.9 Å². The molecular weight excluding hydrogens is 334 g/mol. The fourth-order valence-corrected chi connectivity index (χ4v) is 3.38. The molecule has 1 N–H and O–H groups in total. The Labute approximate surface area is 130 Å². The first-order valence-electron chi connectivity index (χ1n) is 6.22. The second-order valence-electron chi connectivity index (χ2n) is 4.70. The summed E-state index contributed by atoms with van der Waals surface area (Å²) in [5.74, 6) is 0. The van der Waals surface area contributed by atoms with E-state index in [-0.39, 0.29) is 0 Å². The predicted octanol–water partition coefficient (Wildman–Crippen LogP) is 4.87. The van der Waals surface area contributed by atoms with Crippen molar-refractivity contribution in [2.24, 2.45) is 0 Å². The fraction of sp³-hybridized carbons (Fsp3) is 0.133. The lowest BCUT2D eigenvalue weighted by molar-refractivity contribution is 1.13. The van der Waals surface area contributed by atoms with Gasteiger partial charge in [0.05, 0.1) is 10.2 Å². The minimum absolute atomic E-state index is 0.911. The van der Waals surface area contributed by atoms with Crippen molar-refractivity contribution in [3.8, 4) is 0 Å². The molecule has 0 spiro atoms. The Morgan fingerprint density at radius 1 is 1.15 bits per heavy atom. The molecule has 2 aromatic carbocycles. The first-order valence-corrected chi connectivity index (χ1v) is 7.83. The van der Waals surface area contributed by atoms with Gasteiger partial charge >= 0.3 is 0 Å². The second kappa shape index (κ2) is 5.42. The highest BCUT2D eigenvalue weighted by molar-refractivity contribution is 9.10. The van der Waals surface area contributed by atoms with Crippen LogP contribution >= 0.6 is 27.3 Å². The maximum Gasteiger partial charge on any atom is 0.188 e. The number of hydrogen-bond donors (Lipinski definition) is 1. The fourth-order valence-electron chi connectivity index (χ4n) is 1.94. The number of anilines is 3. The smallest absolute Gasteiger partial charge is 0.188 e. The molecule has 102 valence electrons. The van der Waals surface area contributed by atoms with Gasteiger partial charge in [-0.2, -0.15) is 0 Å². The van der Waals surface area contributed by atoms with Crippen molar-refractivity contribution >= 4 is 54.0 Å². The molecule has 20 heavy (non-hydrogen) atoms. The molecule has 5 heteroatoms. The summed E-state index contributed by atoms with van der Waals surface area (Å²) in [5, 5.41) is 4.28. The molecule has 0 unspecified atom stereocenters. The monoisotopic (exact) mass is 347 g/mol. The highest BCUT2D eigenvalue weighted by atomic mass is 79.9. The van der Waals surface area contributed by atoms with Gasteiger partial charge in [-0.05, 0) is 36.4 Å². The first-order chi connectivity index (χ1) is 9.61. The van der Waals surface area contributed by atoms with Crippen LogP contribution in [0.3, 0.4) is 0 Å². The lowest BCUT2D eigenvalue weighted by Gasteiger charge is -2.13. The molecule has 3 rings (SSSR count). The zero-order valence-electron chi connectivity index (χ0n) is 11.2. The molecule has 1 heterocycles. The van der Waals surface area contributed by atoms with Crippen LogP contribution in [0.5, 0.6) is 0 Å². The van der Waals surface area contributed by atoms with Gasteiger partial charge in [-0.1, -0.05) is 33.3 Å². The molecule has 0 fully saturated rings. The average Bonchev–Trinajstić information content (AvgIpc) is 2.80. The maximum absolute atomic E-state index is 4.60. The van der Waals surface area contributed by atoms with E-state index < -0.39 is 0 Å². The summed E-state index contributed by atoms with van der Waals surface area (Å²) in [5.41, 5.74) is 3.23. The summed E-state index contributed by atoms with van der Waals surface area (Å²) in [7, 11) is 4.07. The quantitative estimate of drug-likeness (QED) is 0.732. The topological polar surface area (TPSA) is 28.2 Å². The van der Waals surface area contributed by atoms with Crippen molar-refractivity contribution in [3.05, 3.63) is 46.9 Å². The van der Waals surface area contributed by atoms with Crippen LogP contribution in [0, 0.1) is 0 Å². The number of rotatable bonds is 3. The van der Waals surface area contributed by atoms with Gasteiger partial charge in [-0.3, -0.25) is 0 Å². The minimum atomic E-state index is 0.911.